The Balaban J connectivity index is 1.50. The van der Waals surface area contributed by atoms with E-state index >= 15 is 0 Å². The highest BCUT2D eigenvalue weighted by atomic mass is 16.5. The molecule has 1 aliphatic heterocycles. The lowest BCUT2D eigenvalue weighted by Crippen LogP contribution is -2.56. The van der Waals surface area contributed by atoms with E-state index in [4.69, 9.17) is 9.47 Å². The minimum Gasteiger partial charge on any atom is -0.385 e. The van der Waals surface area contributed by atoms with Crippen LogP contribution in [0.1, 0.15) is 33.6 Å². The predicted molar refractivity (Wildman–Crippen MR) is 86.5 cm³/mol. The highest BCUT2D eigenvalue weighted by molar-refractivity contribution is 5.06. The van der Waals surface area contributed by atoms with Gasteiger partial charge in [0.05, 0.1) is 33.0 Å². The van der Waals surface area contributed by atoms with Crippen molar-refractivity contribution in [1.29, 1.82) is 0 Å². The second-order valence-corrected chi connectivity index (χ2v) is 8.78. The molecule has 22 heavy (non-hydrogen) atoms. The highest BCUT2D eigenvalue weighted by Gasteiger charge is 2.57. The van der Waals surface area contributed by atoms with E-state index in [9.17, 15) is 5.11 Å². The third kappa shape index (κ3) is 2.95. The summed E-state index contributed by atoms with van der Waals surface area (Å²) in [6, 6.07) is 0. The molecule has 2 saturated carbocycles. The van der Waals surface area contributed by atoms with Gasteiger partial charge in [-0.25, -0.2) is 0 Å². The third-order valence-corrected chi connectivity index (χ3v) is 6.93. The standard InChI is InChI=1S/C18H34NO3/c1-13-15-5-6-16(18(15,2)3)17(13)22-12-14(20)11-19(4)7-9-21-10-8-19/h13-17,20H,5-12H2,1-4H3/q+1/t13-,14-,15-,16-,17+/m0/s1. The Kier molecular flexibility index (Phi) is 4.59. The SMILES string of the molecule is C[C@@H]1[C@@H](OC[C@@H](O)C[N+]2(C)CCOCC2)[C@@H]2CC[C@@H]1C2(C)C. The van der Waals surface area contributed by atoms with E-state index in [-0.39, 0.29) is 6.10 Å². The van der Waals surface area contributed by atoms with Crippen LogP contribution in [0.25, 0.3) is 0 Å². The van der Waals surface area contributed by atoms with Crippen LogP contribution in [0, 0.1) is 23.2 Å². The molecule has 128 valence electrons. The maximum Gasteiger partial charge on any atom is 0.126 e. The lowest BCUT2D eigenvalue weighted by atomic mass is 9.80. The van der Waals surface area contributed by atoms with Crippen LogP contribution in [0.15, 0.2) is 0 Å². The molecule has 2 bridgehead atoms. The van der Waals surface area contributed by atoms with Crippen molar-refractivity contribution in [3.63, 3.8) is 0 Å². The molecule has 3 rings (SSSR count). The molecular formula is C18H34NO3+. The monoisotopic (exact) mass is 312 g/mol. The number of likely N-dealkylation sites (N-methyl/N-ethyl adjacent to an activating group) is 1. The lowest BCUT2D eigenvalue weighted by molar-refractivity contribution is -0.919. The molecule has 4 nitrogen and oxygen atoms in total. The van der Waals surface area contributed by atoms with E-state index in [1.54, 1.807) is 0 Å². The zero-order valence-electron chi connectivity index (χ0n) is 14.8. The van der Waals surface area contributed by atoms with Crippen molar-refractivity contribution < 1.29 is 19.1 Å². The van der Waals surface area contributed by atoms with Gasteiger partial charge in [0, 0.05) is 0 Å². The van der Waals surface area contributed by atoms with E-state index < -0.39 is 0 Å². The van der Waals surface area contributed by atoms with E-state index in [1.165, 1.54) is 12.8 Å². The summed E-state index contributed by atoms with van der Waals surface area (Å²) in [5, 5.41) is 10.4. The second-order valence-electron chi connectivity index (χ2n) is 8.78. The molecule has 3 fully saturated rings. The first kappa shape index (κ1) is 16.7. The quantitative estimate of drug-likeness (QED) is 0.788. The summed E-state index contributed by atoms with van der Waals surface area (Å²) in [5.74, 6) is 2.10. The minimum atomic E-state index is -0.363. The van der Waals surface area contributed by atoms with Gasteiger partial charge in [0.15, 0.2) is 0 Å². The molecule has 1 heterocycles. The number of aliphatic hydroxyl groups is 1. The Bertz CT molecular complexity index is 392. The van der Waals surface area contributed by atoms with Gasteiger partial charge < -0.3 is 19.1 Å². The Morgan fingerprint density at radius 2 is 1.86 bits per heavy atom. The maximum atomic E-state index is 10.4. The molecule has 2 aliphatic carbocycles. The van der Waals surface area contributed by atoms with Crippen LogP contribution in [0.5, 0.6) is 0 Å². The van der Waals surface area contributed by atoms with Gasteiger partial charge in [0.1, 0.15) is 25.7 Å². The van der Waals surface area contributed by atoms with Crippen LogP contribution in [0.4, 0.5) is 0 Å². The molecular weight excluding hydrogens is 278 g/mol. The van der Waals surface area contributed by atoms with E-state index in [0.717, 1.165) is 43.2 Å². The number of rotatable bonds is 5. The first-order chi connectivity index (χ1) is 10.3. The molecule has 1 N–H and O–H groups in total. The smallest absolute Gasteiger partial charge is 0.126 e. The van der Waals surface area contributed by atoms with E-state index in [1.807, 2.05) is 0 Å². The van der Waals surface area contributed by atoms with Crippen molar-refractivity contribution in [3.05, 3.63) is 0 Å². The predicted octanol–water partition coefficient (Wildman–Crippen LogP) is 1.91. The summed E-state index contributed by atoms with van der Waals surface area (Å²) in [7, 11) is 2.22. The van der Waals surface area contributed by atoms with Gasteiger partial charge >= 0.3 is 0 Å². The molecule has 0 aromatic carbocycles. The number of morpholine rings is 1. The number of ether oxygens (including phenoxy) is 2. The first-order valence-corrected chi connectivity index (χ1v) is 9.04. The molecule has 0 radical (unpaired) electrons. The normalized spacial score (nSPS) is 40.8. The van der Waals surface area contributed by atoms with Crippen molar-refractivity contribution in [3.8, 4) is 0 Å². The summed E-state index contributed by atoms with van der Waals surface area (Å²) < 4.78 is 12.6. The topological polar surface area (TPSA) is 38.7 Å². The summed E-state index contributed by atoms with van der Waals surface area (Å²) in [4.78, 5) is 0. The number of hydrogen-bond donors (Lipinski definition) is 1. The average molecular weight is 312 g/mol. The van der Waals surface area contributed by atoms with Gasteiger partial charge in [0.2, 0.25) is 0 Å². The molecule has 5 atom stereocenters. The minimum absolute atomic E-state index is 0.346. The van der Waals surface area contributed by atoms with Crippen molar-refractivity contribution in [2.75, 3.05) is 46.5 Å². The van der Waals surface area contributed by atoms with Gasteiger partial charge in [-0.3, -0.25) is 0 Å². The Hall–Kier alpha value is -0.160. The van der Waals surface area contributed by atoms with Crippen LogP contribution in [-0.4, -0.2) is 68.3 Å². The maximum absolute atomic E-state index is 10.4. The summed E-state index contributed by atoms with van der Waals surface area (Å²) in [6.45, 7) is 12.0. The molecule has 0 unspecified atom stereocenters. The van der Waals surface area contributed by atoms with E-state index in [2.05, 4.69) is 27.8 Å². The van der Waals surface area contributed by atoms with Gasteiger partial charge in [-0.2, -0.15) is 0 Å². The van der Waals surface area contributed by atoms with Crippen LogP contribution in [-0.2, 0) is 9.47 Å². The van der Waals surface area contributed by atoms with Crippen molar-refractivity contribution in [2.24, 2.45) is 23.2 Å². The van der Waals surface area contributed by atoms with Gasteiger partial charge in [-0.1, -0.05) is 20.8 Å². The van der Waals surface area contributed by atoms with Crippen molar-refractivity contribution in [1.82, 2.24) is 0 Å². The molecule has 3 aliphatic rings. The van der Waals surface area contributed by atoms with Gasteiger partial charge in [-0.15, -0.1) is 0 Å². The molecule has 1 saturated heterocycles. The number of fused-ring (bicyclic) bond motifs is 2. The Morgan fingerprint density at radius 3 is 2.45 bits per heavy atom. The number of quaternary nitrogens is 1. The fraction of sp³-hybridized carbons (Fsp3) is 1.00. The van der Waals surface area contributed by atoms with E-state index in [0.29, 0.717) is 30.0 Å². The van der Waals surface area contributed by atoms with Crippen LogP contribution >= 0.6 is 0 Å². The van der Waals surface area contributed by atoms with Crippen LogP contribution < -0.4 is 0 Å². The molecule has 0 amide bonds. The number of aliphatic hydroxyl groups excluding tert-OH is 1. The fourth-order valence-electron chi connectivity index (χ4n) is 5.52. The summed E-state index contributed by atoms with van der Waals surface area (Å²) in [6.07, 6.45) is 2.64. The fourth-order valence-corrected chi connectivity index (χ4v) is 5.52. The first-order valence-electron chi connectivity index (χ1n) is 9.04. The highest BCUT2D eigenvalue weighted by Crippen LogP contribution is 2.60. The zero-order valence-corrected chi connectivity index (χ0v) is 14.8. The average Bonchev–Trinajstić information content (AvgIpc) is 2.83. The second kappa shape index (κ2) is 6.04. The number of hydrogen-bond acceptors (Lipinski definition) is 3. The van der Waals surface area contributed by atoms with Crippen LogP contribution in [0.3, 0.4) is 0 Å². The van der Waals surface area contributed by atoms with Gasteiger partial charge in [0.25, 0.3) is 0 Å². The Morgan fingerprint density at radius 1 is 1.23 bits per heavy atom. The van der Waals surface area contributed by atoms with Crippen LogP contribution in [0.2, 0.25) is 0 Å². The van der Waals surface area contributed by atoms with Crippen molar-refractivity contribution in [2.45, 2.75) is 45.8 Å². The third-order valence-electron chi connectivity index (χ3n) is 6.93. The zero-order chi connectivity index (χ0) is 16.0. The molecule has 0 spiro atoms. The van der Waals surface area contributed by atoms with Crippen molar-refractivity contribution >= 4 is 0 Å². The van der Waals surface area contributed by atoms with Gasteiger partial charge in [-0.05, 0) is 36.0 Å². The lowest BCUT2D eigenvalue weighted by Gasteiger charge is -2.39. The molecule has 4 heteroatoms. The molecule has 0 aromatic rings. The number of nitrogens with zero attached hydrogens (tertiary/aromatic N) is 1. The largest absolute Gasteiger partial charge is 0.385 e. The summed E-state index contributed by atoms with van der Waals surface area (Å²) in [5.41, 5.74) is 0.414. The summed E-state index contributed by atoms with van der Waals surface area (Å²) >= 11 is 0. The Labute approximate surface area is 135 Å². The molecule has 0 aromatic heterocycles.